The van der Waals surface area contributed by atoms with Gasteiger partial charge in [-0.15, -0.1) is 0 Å². The van der Waals surface area contributed by atoms with E-state index in [0.717, 1.165) is 11.0 Å². The summed E-state index contributed by atoms with van der Waals surface area (Å²) in [5.41, 5.74) is -1.03. The van der Waals surface area contributed by atoms with Gasteiger partial charge in [-0.3, -0.25) is 13.9 Å². The van der Waals surface area contributed by atoms with Crippen LogP contribution in [0.15, 0.2) is 21.9 Å². The lowest BCUT2D eigenvalue weighted by molar-refractivity contribution is -0.182. The van der Waals surface area contributed by atoms with Crippen LogP contribution in [0.4, 0.5) is 0 Å². The minimum Gasteiger partial charge on any atom is -0.394 e. The Hall–Kier alpha value is -1.52. The van der Waals surface area contributed by atoms with Gasteiger partial charge >= 0.3 is 5.69 Å². The first-order valence-electron chi connectivity index (χ1n) is 7.52. The Morgan fingerprint density at radius 1 is 1.43 bits per heavy atom. The minimum absolute atomic E-state index is 0.413. The summed E-state index contributed by atoms with van der Waals surface area (Å²) in [4.78, 5) is 23.8. The number of aliphatic hydroxyl groups is 2. The second-order valence-electron chi connectivity index (χ2n) is 5.68. The molecule has 9 heteroatoms. The summed E-state index contributed by atoms with van der Waals surface area (Å²) in [6.45, 7) is 0.159. The third kappa shape index (κ3) is 2.98. The molecule has 1 aromatic heterocycles. The highest BCUT2D eigenvalue weighted by Crippen LogP contribution is 2.33. The summed E-state index contributed by atoms with van der Waals surface area (Å²) in [5.74, 6) is 0. The Balaban J connectivity index is 1.92. The third-order valence-electron chi connectivity index (χ3n) is 4.18. The molecule has 0 amide bonds. The number of aromatic nitrogens is 2. The van der Waals surface area contributed by atoms with Crippen molar-refractivity contribution in [3.05, 3.63) is 33.1 Å². The molecule has 0 bridgehead atoms. The lowest BCUT2D eigenvalue weighted by atomic mass is 10.1. The van der Waals surface area contributed by atoms with Gasteiger partial charge in [0, 0.05) is 32.3 Å². The molecule has 2 aliphatic heterocycles. The van der Waals surface area contributed by atoms with Crippen LogP contribution in [0.1, 0.15) is 19.1 Å². The molecule has 2 aliphatic rings. The van der Waals surface area contributed by atoms with Crippen molar-refractivity contribution in [1.29, 1.82) is 0 Å². The lowest BCUT2D eigenvalue weighted by Crippen LogP contribution is -2.43. The van der Waals surface area contributed by atoms with Crippen molar-refractivity contribution < 1.29 is 24.4 Å². The van der Waals surface area contributed by atoms with Gasteiger partial charge in [0.25, 0.3) is 5.56 Å². The molecule has 9 nitrogen and oxygen atoms in total. The fourth-order valence-electron chi connectivity index (χ4n) is 2.85. The van der Waals surface area contributed by atoms with Gasteiger partial charge in [-0.2, -0.15) is 0 Å². The SMILES string of the molecule is Cn1c(=O)ccn([C@@H]2O[C@H](CO)C(O)[C@@H]2OC2CCCO2)c1=O. The van der Waals surface area contributed by atoms with E-state index < -0.39 is 48.7 Å². The van der Waals surface area contributed by atoms with Crippen molar-refractivity contribution in [1.82, 2.24) is 9.13 Å². The number of hydrogen-bond donors (Lipinski definition) is 2. The highest BCUT2D eigenvalue weighted by molar-refractivity contribution is 4.95. The van der Waals surface area contributed by atoms with Gasteiger partial charge in [0.05, 0.1) is 6.61 Å². The lowest BCUT2D eigenvalue weighted by Gasteiger charge is -2.25. The quantitative estimate of drug-likeness (QED) is 0.679. The summed E-state index contributed by atoms with van der Waals surface area (Å²) in [7, 11) is 1.35. The Morgan fingerprint density at radius 2 is 2.22 bits per heavy atom. The molecule has 128 valence electrons. The number of rotatable bonds is 4. The Bertz CT molecular complexity index is 664. The summed E-state index contributed by atoms with van der Waals surface area (Å²) < 4.78 is 18.8. The molecule has 3 rings (SSSR count). The maximum atomic E-state index is 12.3. The Morgan fingerprint density at radius 3 is 2.87 bits per heavy atom. The zero-order chi connectivity index (χ0) is 16.6. The second-order valence-corrected chi connectivity index (χ2v) is 5.68. The molecule has 5 atom stereocenters. The van der Waals surface area contributed by atoms with Gasteiger partial charge in [0.1, 0.15) is 18.3 Å². The average Bonchev–Trinajstić information content (AvgIpc) is 3.15. The maximum Gasteiger partial charge on any atom is 0.332 e. The molecule has 0 spiro atoms. The van der Waals surface area contributed by atoms with Crippen LogP contribution in [0, 0.1) is 0 Å². The van der Waals surface area contributed by atoms with Gasteiger partial charge < -0.3 is 24.4 Å². The van der Waals surface area contributed by atoms with Gasteiger partial charge in [0.15, 0.2) is 12.5 Å². The standard InChI is InChI=1S/C14H20N2O7/c1-15-9(18)4-5-16(14(15)20)13-12(11(19)8(7-17)22-13)23-10-3-2-6-21-10/h4-5,8,10-13,17,19H,2-3,6-7H2,1H3/t8-,10?,11?,12+,13-/m1/s1. The summed E-state index contributed by atoms with van der Waals surface area (Å²) in [5, 5.41) is 19.6. The first kappa shape index (κ1) is 16.3. The highest BCUT2D eigenvalue weighted by atomic mass is 16.7. The number of nitrogens with zero attached hydrogens (tertiary/aromatic N) is 2. The summed E-state index contributed by atoms with van der Waals surface area (Å²) in [6, 6.07) is 1.23. The van der Waals surface area contributed by atoms with Crippen molar-refractivity contribution in [2.75, 3.05) is 13.2 Å². The van der Waals surface area contributed by atoms with Crippen LogP contribution >= 0.6 is 0 Å². The molecule has 1 aromatic rings. The molecule has 2 N–H and O–H groups in total. The van der Waals surface area contributed by atoms with Crippen molar-refractivity contribution >= 4 is 0 Å². The van der Waals surface area contributed by atoms with E-state index in [0.29, 0.717) is 13.0 Å². The molecule has 2 unspecified atom stereocenters. The van der Waals surface area contributed by atoms with E-state index in [1.807, 2.05) is 0 Å². The normalized spacial score (nSPS) is 34.1. The molecule has 0 aliphatic carbocycles. The fourth-order valence-corrected chi connectivity index (χ4v) is 2.85. The van der Waals surface area contributed by atoms with Crippen LogP contribution in [0.5, 0.6) is 0 Å². The van der Waals surface area contributed by atoms with Crippen LogP contribution in [0.25, 0.3) is 0 Å². The third-order valence-corrected chi connectivity index (χ3v) is 4.18. The van der Waals surface area contributed by atoms with Crippen LogP contribution in [-0.4, -0.2) is 57.2 Å². The molecule has 23 heavy (non-hydrogen) atoms. The van der Waals surface area contributed by atoms with E-state index >= 15 is 0 Å². The van der Waals surface area contributed by atoms with Gasteiger partial charge in [-0.1, -0.05) is 0 Å². The molecule has 0 saturated carbocycles. The Labute approximate surface area is 131 Å². The van der Waals surface area contributed by atoms with Gasteiger partial charge in [0.2, 0.25) is 0 Å². The van der Waals surface area contributed by atoms with Crippen molar-refractivity contribution in [3.63, 3.8) is 0 Å². The maximum absolute atomic E-state index is 12.3. The van der Waals surface area contributed by atoms with Crippen molar-refractivity contribution in [2.24, 2.45) is 7.05 Å². The molecular formula is C14H20N2O7. The zero-order valence-electron chi connectivity index (χ0n) is 12.7. The van der Waals surface area contributed by atoms with E-state index in [1.165, 1.54) is 23.9 Å². The van der Waals surface area contributed by atoms with Gasteiger partial charge in [-0.25, -0.2) is 4.79 Å². The summed E-state index contributed by atoms with van der Waals surface area (Å²) in [6.07, 6.45) is -1.48. The largest absolute Gasteiger partial charge is 0.394 e. The van der Waals surface area contributed by atoms with E-state index in [1.54, 1.807) is 0 Å². The summed E-state index contributed by atoms with van der Waals surface area (Å²) >= 11 is 0. The molecular weight excluding hydrogens is 308 g/mol. The van der Waals surface area contributed by atoms with Crippen molar-refractivity contribution in [2.45, 2.75) is 43.7 Å². The minimum atomic E-state index is -1.11. The van der Waals surface area contributed by atoms with E-state index in [4.69, 9.17) is 14.2 Å². The monoisotopic (exact) mass is 328 g/mol. The highest BCUT2D eigenvalue weighted by Gasteiger charge is 2.47. The molecule has 0 aromatic carbocycles. The first-order chi connectivity index (χ1) is 11.0. The average molecular weight is 328 g/mol. The van der Waals surface area contributed by atoms with Crippen LogP contribution in [0.3, 0.4) is 0 Å². The molecule has 0 radical (unpaired) electrons. The van der Waals surface area contributed by atoms with Gasteiger partial charge in [-0.05, 0) is 6.42 Å². The second kappa shape index (κ2) is 6.54. The number of hydrogen-bond acceptors (Lipinski definition) is 7. The number of aliphatic hydroxyl groups excluding tert-OH is 2. The van der Waals surface area contributed by atoms with E-state index in [-0.39, 0.29) is 0 Å². The smallest absolute Gasteiger partial charge is 0.332 e. The van der Waals surface area contributed by atoms with Crippen LogP contribution in [-0.2, 0) is 21.3 Å². The molecule has 2 saturated heterocycles. The van der Waals surface area contributed by atoms with E-state index in [9.17, 15) is 19.8 Å². The Kier molecular flexibility index (Phi) is 4.64. The first-order valence-corrected chi connectivity index (χ1v) is 7.52. The fraction of sp³-hybridized carbons (Fsp3) is 0.714. The molecule has 3 heterocycles. The topological polar surface area (TPSA) is 112 Å². The van der Waals surface area contributed by atoms with E-state index in [2.05, 4.69) is 0 Å². The number of ether oxygens (including phenoxy) is 3. The zero-order valence-corrected chi connectivity index (χ0v) is 12.7. The van der Waals surface area contributed by atoms with Crippen LogP contribution in [0.2, 0.25) is 0 Å². The molecule has 2 fully saturated rings. The predicted octanol–water partition coefficient (Wildman–Crippen LogP) is -1.68. The van der Waals surface area contributed by atoms with Crippen LogP contribution < -0.4 is 11.2 Å². The van der Waals surface area contributed by atoms with Crippen molar-refractivity contribution in [3.8, 4) is 0 Å². The predicted molar refractivity (Wildman–Crippen MR) is 76.8 cm³/mol.